The second-order valence-electron chi connectivity index (χ2n) is 11.4. The zero-order valence-corrected chi connectivity index (χ0v) is 21.5. The largest absolute Gasteiger partial charge is 0.459 e. The first-order valence-corrected chi connectivity index (χ1v) is 14.0. The summed E-state index contributed by atoms with van der Waals surface area (Å²) >= 11 is 0. The number of halogens is 1. The number of furan rings is 1. The van der Waals surface area contributed by atoms with Gasteiger partial charge in [0.2, 0.25) is 11.8 Å². The van der Waals surface area contributed by atoms with E-state index in [4.69, 9.17) is 10.2 Å². The Morgan fingerprint density at radius 3 is 2.54 bits per heavy atom. The van der Waals surface area contributed by atoms with Crippen molar-refractivity contribution < 1.29 is 23.5 Å². The molecular formula is C29H40FN3O4. The SMILES string of the molecule is NC(CF)[C@H]1CC[C@H](C(=O)N2CC[C@@H](C3CCCCC3)[C@H]2C(=O)Nc2ccc3oc(CO)cc3c2)CC1. The van der Waals surface area contributed by atoms with Crippen molar-refractivity contribution in [3.63, 3.8) is 0 Å². The van der Waals surface area contributed by atoms with Crippen LogP contribution in [0.1, 0.15) is 70.0 Å². The van der Waals surface area contributed by atoms with E-state index in [1.807, 2.05) is 11.0 Å². The molecule has 0 radical (unpaired) electrons. The van der Waals surface area contributed by atoms with Gasteiger partial charge in [-0.25, -0.2) is 4.39 Å². The zero-order chi connectivity index (χ0) is 25.9. The Kier molecular flexibility index (Phi) is 8.15. The van der Waals surface area contributed by atoms with Gasteiger partial charge in [-0.1, -0.05) is 32.1 Å². The van der Waals surface area contributed by atoms with E-state index in [1.165, 1.54) is 19.3 Å². The van der Waals surface area contributed by atoms with E-state index in [1.54, 1.807) is 18.2 Å². The molecule has 0 bridgehead atoms. The van der Waals surface area contributed by atoms with Crippen LogP contribution in [0.3, 0.4) is 0 Å². The summed E-state index contributed by atoms with van der Waals surface area (Å²) in [5.74, 6) is 1.06. The lowest BCUT2D eigenvalue weighted by Gasteiger charge is -2.36. The van der Waals surface area contributed by atoms with E-state index in [0.717, 1.165) is 37.5 Å². The van der Waals surface area contributed by atoms with Gasteiger partial charge in [-0.05, 0) is 74.1 Å². The highest BCUT2D eigenvalue weighted by Crippen LogP contribution is 2.41. The summed E-state index contributed by atoms with van der Waals surface area (Å²) in [4.78, 5) is 29.4. The number of likely N-dealkylation sites (tertiary alicyclic amines) is 1. The molecule has 2 amide bonds. The van der Waals surface area contributed by atoms with Crippen LogP contribution in [0, 0.1) is 23.7 Å². The maximum absolute atomic E-state index is 13.8. The van der Waals surface area contributed by atoms with Crippen LogP contribution in [0.4, 0.5) is 10.1 Å². The van der Waals surface area contributed by atoms with Crippen LogP contribution >= 0.6 is 0 Å². The number of nitrogens with one attached hydrogen (secondary N) is 1. The number of nitrogens with zero attached hydrogens (tertiary/aromatic N) is 1. The van der Waals surface area contributed by atoms with Crippen molar-refractivity contribution in [1.29, 1.82) is 0 Å². The molecule has 2 heterocycles. The number of aliphatic hydroxyl groups is 1. The summed E-state index contributed by atoms with van der Waals surface area (Å²) in [5, 5.41) is 13.3. The fraction of sp³-hybridized carbons (Fsp3) is 0.655. The predicted octanol–water partition coefficient (Wildman–Crippen LogP) is 4.76. The van der Waals surface area contributed by atoms with Gasteiger partial charge in [0, 0.05) is 29.6 Å². The number of carbonyl (C=O) groups excluding carboxylic acids is 2. The maximum Gasteiger partial charge on any atom is 0.247 e. The first kappa shape index (κ1) is 26.2. The van der Waals surface area contributed by atoms with Crippen LogP contribution in [0.5, 0.6) is 0 Å². The smallest absolute Gasteiger partial charge is 0.247 e. The number of carbonyl (C=O) groups is 2. The zero-order valence-electron chi connectivity index (χ0n) is 21.5. The summed E-state index contributed by atoms with van der Waals surface area (Å²) in [6.07, 6.45) is 9.66. The number of hydrogen-bond acceptors (Lipinski definition) is 5. The first-order chi connectivity index (χ1) is 18.0. The highest BCUT2D eigenvalue weighted by molar-refractivity contribution is 5.99. The number of benzene rings is 1. The monoisotopic (exact) mass is 513 g/mol. The average Bonchev–Trinajstić information content (AvgIpc) is 3.57. The van der Waals surface area contributed by atoms with Crippen molar-refractivity contribution in [2.24, 2.45) is 29.4 Å². The van der Waals surface area contributed by atoms with Gasteiger partial charge in [0.1, 0.15) is 30.7 Å². The number of fused-ring (bicyclic) bond motifs is 1. The third-order valence-electron chi connectivity index (χ3n) is 9.15. The van der Waals surface area contributed by atoms with Crippen molar-refractivity contribution in [2.45, 2.75) is 82.9 Å². The van der Waals surface area contributed by atoms with Crippen LogP contribution in [-0.2, 0) is 16.2 Å². The van der Waals surface area contributed by atoms with Crippen LogP contribution in [0.25, 0.3) is 11.0 Å². The van der Waals surface area contributed by atoms with Crippen LogP contribution in [0.15, 0.2) is 28.7 Å². The molecule has 7 nitrogen and oxygen atoms in total. The molecule has 1 aromatic heterocycles. The van der Waals surface area contributed by atoms with Crippen molar-refractivity contribution in [3.8, 4) is 0 Å². The van der Waals surface area contributed by atoms with Gasteiger partial charge in [-0.15, -0.1) is 0 Å². The minimum atomic E-state index is -0.521. The van der Waals surface area contributed by atoms with Crippen LogP contribution in [0.2, 0.25) is 0 Å². The molecule has 8 heteroatoms. The lowest BCUT2D eigenvalue weighted by molar-refractivity contribution is -0.142. The lowest BCUT2D eigenvalue weighted by Crippen LogP contribution is -2.50. The van der Waals surface area contributed by atoms with Gasteiger partial charge in [0.25, 0.3) is 0 Å². The number of nitrogens with two attached hydrogens (primary N) is 1. The Balaban J connectivity index is 1.33. The molecule has 1 aromatic carbocycles. The van der Waals surface area contributed by atoms with Gasteiger partial charge in [-0.3, -0.25) is 9.59 Å². The van der Waals surface area contributed by atoms with E-state index in [-0.39, 0.29) is 36.2 Å². The Morgan fingerprint density at radius 2 is 1.84 bits per heavy atom. The summed E-state index contributed by atoms with van der Waals surface area (Å²) in [6.45, 7) is -0.0878. The van der Waals surface area contributed by atoms with Gasteiger partial charge < -0.3 is 25.5 Å². The lowest BCUT2D eigenvalue weighted by atomic mass is 9.76. The highest BCUT2D eigenvalue weighted by Gasteiger charge is 2.46. The fourth-order valence-corrected chi connectivity index (χ4v) is 7.08. The molecule has 3 atom stereocenters. The van der Waals surface area contributed by atoms with Crippen LogP contribution in [-0.4, -0.2) is 47.1 Å². The van der Waals surface area contributed by atoms with Gasteiger partial charge >= 0.3 is 0 Å². The molecule has 3 aliphatic rings. The fourth-order valence-electron chi connectivity index (χ4n) is 7.08. The molecule has 2 saturated carbocycles. The topological polar surface area (TPSA) is 109 Å². The summed E-state index contributed by atoms with van der Waals surface area (Å²) in [6, 6.07) is 6.29. The summed E-state index contributed by atoms with van der Waals surface area (Å²) in [5.41, 5.74) is 7.24. The number of alkyl halides is 1. The third kappa shape index (κ3) is 5.55. The Bertz CT molecular complexity index is 1090. The molecule has 5 rings (SSSR count). The normalized spacial score (nSPS) is 27.9. The first-order valence-electron chi connectivity index (χ1n) is 14.0. The van der Waals surface area contributed by atoms with E-state index < -0.39 is 18.8 Å². The van der Waals surface area contributed by atoms with Gasteiger partial charge in [0.05, 0.1) is 0 Å². The molecule has 2 aromatic rings. The number of rotatable bonds is 7. The summed E-state index contributed by atoms with van der Waals surface area (Å²) < 4.78 is 18.6. The molecule has 1 saturated heterocycles. The molecule has 4 N–H and O–H groups in total. The number of amides is 2. The molecule has 2 aliphatic carbocycles. The maximum atomic E-state index is 13.8. The van der Waals surface area contributed by atoms with E-state index in [2.05, 4.69) is 5.32 Å². The molecule has 1 unspecified atom stereocenters. The Morgan fingerprint density at radius 1 is 1.08 bits per heavy atom. The Hall–Kier alpha value is -2.45. The van der Waals surface area contributed by atoms with E-state index >= 15 is 0 Å². The quantitative estimate of drug-likeness (QED) is 0.494. The molecule has 202 valence electrons. The van der Waals surface area contributed by atoms with Crippen molar-refractivity contribution in [2.75, 3.05) is 18.5 Å². The second kappa shape index (κ2) is 11.5. The highest BCUT2D eigenvalue weighted by atomic mass is 19.1. The molecular weight excluding hydrogens is 473 g/mol. The summed E-state index contributed by atoms with van der Waals surface area (Å²) in [7, 11) is 0. The van der Waals surface area contributed by atoms with Crippen molar-refractivity contribution in [3.05, 3.63) is 30.0 Å². The molecule has 0 spiro atoms. The van der Waals surface area contributed by atoms with Crippen LogP contribution < -0.4 is 11.1 Å². The molecule has 3 fully saturated rings. The third-order valence-corrected chi connectivity index (χ3v) is 9.15. The second-order valence-corrected chi connectivity index (χ2v) is 11.4. The number of hydrogen-bond donors (Lipinski definition) is 3. The average molecular weight is 514 g/mol. The number of aliphatic hydroxyl groups excluding tert-OH is 1. The van der Waals surface area contributed by atoms with E-state index in [9.17, 15) is 19.1 Å². The predicted molar refractivity (Wildman–Crippen MR) is 140 cm³/mol. The Labute approximate surface area is 217 Å². The molecule has 1 aliphatic heterocycles. The minimum absolute atomic E-state index is 0.0728. The van der Waals surface area contributed by atoms with E-state index in [0.29, 0.717) is 42.3 Å². The van der Waals surface area contributed by atoms with Gasteiger partial charge in [-0.2, -0.15) is 0 Å². The molecule has 37 heavy (non-hydrogen) atoms. The standard InChI is InChI=1S/C29H40FN3O4/c30-16-25(31)19-6-8-20(9-7-19)29(36)33-13-12-24(18-4-2-1-3-5-18)27(33)28(35)32-22-10-11-26-21(14-22)15-23(17-34)37-26/h10-11,14-15,18-20,24-25,27,34H,1-9,12-13,16-17,31H2,(H,32,35)/t19-,20-,24-,25?,27-/m0/s1. The van der Waals surface area contributed by atoms with Gasteiger partial charge in [0.15, 0.2) is 0 Å². The number of anilines is 1. The minimum Gasteiger partial charge on any atom is -0.459 e. The van der Waals surface area contributed by atoms with Crippen molar-refractivity contribution >= 4 is 28.5 Å². The van der Waals surface area contributed by atoms with Crippen molar-refractivity contribution in [1.82, 2.24) is 4.90 Å².